The summed E-state index contributed by atoms with van der Waals surface area (Å²) in [7, 11) is 0. The van der Waals surface area contributed by atoms with Gasteiger partial charge in [0.15, 0.2) is 0 Å². The lowest BCUT2D eigenvalue weighted by molar-refractivity contribution is 0.341. The van der Waals surface area contributed by atoms with Crippen molar-refractivity contribution >= 4 is 11.6 Å². The molecule has 1 unspecified atom stereocenters. The lowest BCUT2D eigenvalue weighted by Gasteiger charge is -2.27. The van der Waals surface area contributed by atoms with Crippen LogP contribution in [0.15, 0.2) is 18.5 Å². The fourth-order valence-electron chi connectivity index (χ4n) is 2.23. The van der Waals surface area contributed by atoms with E-state index in [4.69, 9.17) is 11.6 Å². The maximum Gasteiger partial charge on any atom is 0.0637 e. The van der Waals surface area contributed by atoms with Gasteiger partial charge in [-0.25, -0.2) is 0 Å². The van der Waals surface area contributed by atoms with Crippen molar-refractivity contribution < 1.29 is 0 Å². The van der Waals surface area contributed by atoms with Crippen molar-refractivity contribution in [2.24, 2.45) is 5.92 Å². The highest BCUT2D eigenvalue weighted by atomic mass is 35.5. The Kier molecular flexibility index (Phi) is 6.53. The van der Waals surface area contributed by atoms with Gasteiger partial charge >= 0.3 is 0 Å². The SMILES string of the molecule is CCCNC(c1ccncc1Cl)C(CC)CC. The summed E-state index contributed by atoms with van der Waals surface area (Å²) in [6, 6.07) is 2.38. The van der Waals surface area contributed by atoms with Crippen LogP contribution in [0.5, 0.6) is 0 Å². The third-order valence-corrected chi connectivity index (χ3v) is 3.59. The van der Waals surface area contributed by atoms with Crippen molar-refractivity contribution in [1.82, 2.24) is 10.3 Å². The Morgan fingerprint density at radius 1 is 1.29 bits per heavy atom. The van der Waals surface area contributed by atoms with Gasteiger partial charge < -0.3 is 5.32 Å². The highest BCUT2D eigenvalue weighted by Gasteiger charge is 2.21. The largest absolute Gasteiger partial charge is 0.310 e. The van der Waals surface area contributed by atoms with Gasteiger partial charge in [-0.15, -0.1) is 0 Å². The highest BCUT2D eigenvalue weighted by Crippen LogP contribution is 2.31. The van der Waals surface area contributed by atoms with Crippen LogP contribution < -0.4 is 5.32 Å². The Morgan fingerprint density at radius 3 is 2.53 bits per heavy atom. The molecule has 0 saturated heterocycles. The Labute approximate surface area is 110 Å². The number of nitrogens with one attached hydrogen (secondary N) is 1. The molecule has 96 valence electrons. The van der Waals surface area contributed by atoms with Crippen LogP contribution in [0.3, 0.4) is 0 Å². The van der Waals surface area contributed by atoms with E-state index in [0.29, 0.717) is 12.0 Å². The molecule has 0 aliphatic carbocycles. The fraction of sp³-hybridized carbons (Fsp3) is 0.643. The molecular formula is C14H23ClN2. The van der Waals surface area contributed by atoms with E-state index in [2.05, 4.69) is 31.1 Å². The summed E-state index contributed by atoms with van der Waals surface area (Å²) in [5, 5.41) is 4.39. The molecule has 0 aliphatic heterocycles. The van der Waals surface area contributed by atoms with Crippen LogP contribution in [-0.2, 0) is 0 Å². The molecule has 0 aromatic carbocycles. The molecule has 0 fully saturated rings. The number of hydrogen-bond donors (Lipinski definition) is 1. The monoisotopic (exact) mass is 254 g/mol. The van der Waals surface area contributed by atoms with E-state index in [1.54, 1.807) is 6.20 Å². The number of halogens is 1. The third-order valence-electron chi connectivity index (χ3n) is 3.27. The highest BCUT2D eigenvalue weighted by molar-refractivity contribution is 6.31. The van der Waals surface area contributed by atoms with Gasteiger partial charge in [0.05, 0.1) is 5.02 Å². The minimum Gasteiger partial charge on any atom is -0.310 e. The first kappa shape index (κ1) is 14.5. The van der Waals surface area contributed by atoms with Crippen LogP contribution in [0, 0.1) is 5.92 Å². The van der Waals surface area contributed by atoms with Crippen molar-refractivity contribution in [3.8, 4) is 0 Å². The molecule has 0 aliphatic rings. The van der Waals surface area contributed by atoms with Gasteiger partial charge in [-0.1, -0.05) is 45.2 Å². The quantitative estimate of drug-likeness (QED) is 0.788. The van der Waals surface area contributed by atoms with Crippen molar-refractivity contribution in [2.45, 2.75) is 46.1 Å². The summed E-state index contributed by atoms with van der Waals surface area (Å²) < 4.78 is 0. The molecule has 0 spiro atoms. The minimum absolute atomic E-state index is 0.348. The zero-order valence-electron chi connectivity index (χ0n) is 11.0. The van der Waals surface area contributed by atoms with Gasteiger partial charge in [0, 0.05) is 18.4 Å². The Bertz CT molecular complexity index is 324. The summed E-state index contributed by atoms with van der Waals surface area (Å²) in [6.07, 6.45) is 7.02. The predicted molar refractivity (Wildman–Crippen MR) is 74.4 cm³/mol. The van der Waals surface area contributed by atoms with Gasteiger partial charge in [-0.3, -0.25) is 4.98 Å². The summed E-state index contributed by atoms with van der Waals surface area (Å²) in [5.74, 6) is 0.626. The van der Waals surface area contributed by atoms with Crippen LogP contribution in [0.25, 0.3) is 0 Å². The van der Waals surface area contributed by atoms with Crippen LogP contribution in [-0.4, -0.2) is 11.5 Å². The number of hydrogen-bond acceptors (Lipinski definition) is 2. The second-order valence-corrected chi connectivity index (χ2v) is 4.81. The van der Waals surface area contributed by atoms with E-state index in [-0.39, 0.29) is 0 Å². The first-order valence-electron chi connectivity index (χ1n) is 6.57. The van der Waals surface area contributed by atoms with Crippen LogP contribution >= 0.6 is 11.6 Å². The van der Waals surface area contributed by atoms with E-state index in [1.165, 1.54) is 5.56 Å². The van der Waals surface area contributed by atoms with E-state index in [9.17, 15) is 0 Å². The summed E-state index contributed by atoms with van der Waals surface area (Å²) >= 11 is 6.25. The Balaban J connectivity index is 2.92. The number of nitrogens with zero attached hydrogens (tertiary/aromatic N) is 1. The van der Waals surface area contributed by atoms with Gasteiger partial charge in [-0.2, -0.15) is 0 Å². The molecule has 1 N–H and O–H groups in total. The average Bonchev–Trinajstić information content (AvgIpc) is 2.36. The van der Waals surface area contributed by atoms with Crippen molar-refractivity contribution in [3.63, 3.8) is 0 Å². The van der Waals surface area contributed by atoms with Gasteiger partial charge in [0.2, 0.25) is 0 Å². The molecule has 0 amide bonds. The molecule has 3 heteroatoms. The molecular weight excluding hydrogens is 232 g/mol. The Hall–Kier alpha value is -0.600. The molecule has 17 heavy (non-hydrogen) atoms. The molecule has 0 radical (unpaired) electrons. The van der Waals surface area contributed by atoms with E-state index < -0.39 is 0 Å². The van der Waals surface area contributed by atoms with Gasteiger partial charge in [-0.05, 0) is 30.5 Å². The van der Waals surface area contributed by atoms with Crippen LogP contribution in [0.4, 0.5) is 0 Å². The van der Waals surface area contributed by atoms with E-state index in [1.807, 2.05) is 12.3 Å². The molecule has 1 heterocycles. The summed E-state index contributed by atoms with van der Waals surface area (Å²) in [5.41, 5.74) is 1.18. The Morgan fingerprint density at radius 2 is 2.00 bits per heavy atom. The van der Waals surface area contributed by atoms with Crippen LogP contribution in [0.1, 0.15) is 51.6 Å². The van der Waals surface area contributed by atoms with Crippen molar-refractivity contribution in [1.29, 1.82) is 0 Å². The van der Waals surface area contributed by atoms with Crippen molar-refractivity contribution in [3.05, 3.63) is 29.0 Å². The standard InChI is InChI=1S/C14H23ClN2/c1-4-8-17-14(11(5-2)6-3)12-7-9-16-10-13(12)15/h7,9-11,14,17H,4-6,8H2,1-3H3. The molecule has 1 aromatic rings. The molecule has 0 bridgehead atoms. The zero-order valence-corrected chi connectivity index (χ0v) is 11.8. The van der Waals surface area contributed by atoms with E-state index in [0.717, 1.165) is 30.8 Å². The molecule has 1 rings (SSSR count). The number of pyridine rings is 1. The molecule has 1 aromatic heterocycles. The second-order valence-electron chi connectivity index (χ2n) is 4.41. The topological polar surface area (TPSA) is 24.9 Å². The maximum atomic E-state index is 6.25. The summed E-state index contributed by atoms with van der Waals surface area (Å²) in [6.45, 7) is 7.69. The second kappa shape index (κ2) is 7.67. The molecule has 2 nitrogen and oxygen atoms in total. The predicted octanol–water partition coefficient (Wildman–Crippen LogP) is 4.21. The number of aromatic nitrogens is 1. The lowest BCUT2D eigenvalue weighted by Crippen LogP contribution is -2.28. The van der Waals surface area contributed by atoms with Gasteiger partial charge in [0.25, 0.3) is 0 Å². The van der Waals surface area contributed by atoms with E-state index >= 15 is 0 Å². The lowest BCUT2D eigenvalue weighted by atomic mass is 9.89. The smallest absolute Gasteiger partial charge is 0.0637 e. The van der Waals surface area contributed by atoms with Crippen LogP contribution in [0.2, 0.25) is 5.02 Å². The summed E-state index contributed by atoms with van der Waals surface area (Å²) in [4.78, 5) is 4.06. The first-order valence-corrected chi connectivity index (χ1v) is 6.95. The third kappa shape index (κ3) is 3.97. The van der Waals surface area contributed by atoms with Crippen molar-refractivity contribution in [2.75, 3.05) is 6.54 Å². The average molecular weight is 255 g/mol. The minimum atomic E-state index is 0.348. The zero-order chi connectivity index (χ0) is 12.7. The maximum absolute atomic E-state index is 6.25. The fourth-order valence-corrected chi connectivity index (χ4v) is 2.47. The molecule has 1 atom stereocenters. The first-order chi connectivity index (χ1) is 8.24. The molecule has 0 saturated carbocycles. The normalized spacial score (nSPS) is 13.0. The number of rotatable bonds is 7. The van der Waals surface area contributed by atoms with Gasteiger partial charge in [0.1, 0.15) is 0 Å².